The van der Waals surface area contributed by atoms with E-state index in [-0.39, 0.29) is 5.91 Å². The Bertz CT molecular complexity index is 694. The van der Waals surface area contributed by atoms with E-state index >= 15 is 0 Å². The number of amides is 1. The second-order valence-electron chi connectivity index (χ2n) is 6.72. The molecule has 0 spiro atoms. The lowest BCUT2D eigenvalue weighted by Crippen LogP contribution is -2.38. The molecule has 1 atom stereocenters. The predicted octanol–water partition coefficient (Wildman–Crippen LogP) is 4.41. The Labute approximate surface area is 165 Å². The molecule has 136 valence electrons. The normalized spacial score (nSPS) is 16.7. The van der Waals surface area contributed by atoms with Gasteiger partial charge in [0.2, 0.25) is 5.91 Å². The zero-order valence-corrected chi connectivity index (χ0v) is 17.7. The molecule has 1 unspecified atom stereocenters. The van der Waals surface area contributed by atoms with Gasteiger partial charge in [0.1, 0.15) is 5.01 Å². The van der Waals surface area contributed by atoms with Gasteiger partial charge in [-0.25, -0.2) is 4.98 Å². The van der Waals surface area contributed by atoms with Crippen molar-refractivity contribution in [3.05, 3.63) is 27.0 Å². The fourth-order valence-electron chi connectivity index (χ4n) is 3.09. The van der Waals surface area contributed by atoms with E-state index in [1.165, 1.54) is 32.4 Å². The van der Waals surface area contributed by atoms with Crippen molar-refractivity contribution in [1.82, 2.24) is 15.2 Å². The number of nitrogens with one attached hydrogen (secondary N) is 1. The molecule has 0 radical (unpaired) electrons. The van der Waals surface area contributed by atoms with Crippen LogP contribution in [0.15, 0.2) is 21.3 Å². The van der Waals surface area contributed by atoms with Gasteiger partial charge in [-0.1, -0.05) is 13.3 Å². The van der Waals surface area contributed by atoms with Gasteiger partial charge in [0.15, 0.2) is 0 Å². The molecule has 1 amide bonds. The van der Waals surface area contributed by atoms with Crippen LogP contribution in [0.25, 0.3) is 9.88 Å². The van der Waals surface area contributed by atoms with Gasteiger partial charge in [0.25, 0.3) is 0 Å². The van der Waals surface area contributed by atoms with E-state index in [2.05, 4.69) is 44.1 Å². The van der Waals surface area contributed by atoms with Crippen molar-refractivity contribution in [2.75, 3.05) is 26.2 Å². The van der Waals surface area contributed by atoms with Gasteiger partial charge in [-0.05, 0) is 53.8 Å². The van der Waals surface area contributed by atoms with Crippen LogP contribution in [0.5, 0.6) is 0 Å². The van der Waals surface area contributed by atoms with E-state index in [4.69, 9.17) is 0 Å². The number of hydrogen-bond acceptors (Lipinski definition) is 5. The molecule has 4 nitrogen and oxygen atoms in total. The summed E-state index contributed by atoms with van der Waals surface area (Å²) in [5.74, 6) is 0.547. The number of carbonyl (C=O) groups excluding carboxylic acids is 1. The highest BCUT2D eigenvalue weighted by molar-refractivity contribution is 9.10. The van der Waals surface area contributed by atoms with Gasteiger partial charge in [-0.2, -0.15) is 0 Å². The average Bonchev–Trinajstić information content (AvgIpc) is 3.23. The third-order valence-electron chi connectivity index (χ3n) is 4.34. The molecule has 2 aromatic heterocycles. The van der Waals surface area contributed by atoms with Crippen LogP contribution in [0.1, 0.15) is 31.9 Å². The van der Waals surface area contributed by atoms with Crippen molar-refractivity contribution in [3.8, 4) is 9.88 Å². The van der Waals surface area contributed by atoms with Gasteiger partial charge in [-0.3, -0.25) is 4.79 Å². The number of thiazole rings is 1. The second-order valence-corrected chi connectivity index (χ2v) is 9.41. The smallest absolute Gasteiger partial charge is 0.226 e. The number of hydrogen-bond donors (Lipinski definition) is 1. The molecule has 0 saturated carbocycles. The summed E-state index contributed by atoms with van der Waals surface area (Å²) < 4.78 is 1.07. The Morgan fingerprint density at radius 3 is 2.84 bits per heavy atom. The Morgan fingerprint density at radius 2 is 2.12 bits per heavy atom. The maximum Gasteiger partial charge on any atom is 0.226 e. The quantitative estimate of drug-likeness (QED) is 0.691. The molecule has 1 fully saturated rings. The third kappa shape index (κ3) is 5.88. The Kier molecular flexibility index (Phi) is 7.04. The monoisotopic (exact) mass is 441 g/mol. The van der Waals surface area contributed by atoms with Crippen molar-refractivity contribution < 1.29 is 4.79 Å². The predicted molar refractivity (Wildman–Crippen MR) is 109 cm³/mol. The molecule has 0 aromatic carbocycles. The minimum atomic E-state index is 0.0645. The number of piperidine rings is 1. The summed E-state index contributed by atoms with van der Waals surface area (Å²) in [4.78, 5) is 20.4. The first kappa shape index (κ1) is 19.0. The van der Waals surface area contributed by atoms with Crippen molar-refractivity contribution in [2.24, 2.45) is 5.92 Å². The minimum absolute atomic E-state index is 0.0645. The van der Waals surface area contributed by atoms with Crippen LogP contribution in [0.2, 0.25) is 0 Å². The van der Waals surface area contributed by atoms with Crippen LogP contribution < -0.4 is 5.32 Å². The summed E-state index contributed by atoms with van der Waals surface area (Å²) in [5, 5.41) is 8.09. The highest BCUT2D eigenvalue weighted by Gasteiger charge is 2.15. The SMILES string of the molecule is CC(CNC(=O)Cc1csc(-c2cc(Br)cs2)n1)CN1CCCCC1. The molecule has 1 N–H and O–H groups in total. The number of likely N-dealkylation sites (tertiary alicyclic amines) is 1. The van der Waals surface area contributed by atoms with Gasteiger partial charge in [-0.15, -0.1) is 22.7 Å². The summed E-state index contributed by atoms with van der Waals surface area (Å²) in [6.07, 6.45) is 4.34. The van der Waals surface area contributed by atoms with Gasteiger partial charge < -0.3 is 10.2 Å². The average molecular weight is 442 g/mol. The topological polar surface area (TPSA) is 45.2 Å². The van der Waals surface area contributed by atoms with E-state index < -0.39 is 0 Å². The van der Waals surface area contributed by atoms with Crippen molar-refractivity contribution in [3.63, 3.8) is 0 Å². The van der Waals surface area contributed by atoms with Crippen LogP contribution in [-0.2, 0) is 11.2 Å². The summed E-state index contributed by atoms with van der Waals surface area (Å²) in [6.45, 7) is 6.44. The van der Waals surface area contributed by atoms with Crippen LogP contribution >= 0.6 is 38.6 Å². The maximum atomic E-state index is 12.2. The van der Waals surface area contributed by atoms with Crippen LogP contribution in [0.4, 0.5) is 0 Å². The molecule has 1 aliphatic rings. The number of carbonyl (C=O) groups is 1. The highest BCUT2D eigenvalue weighted by Crippen LogP contribution is 2.32. The molecule has 0 bridgehead atoms. The molecule has 0 aliphatic carbocycles. The molecule has 2 aromatic rings. The van der Waals surface area contributed by atoms with Crippen molar-refractivity contribution in [2.45, 2.75) is 32.6 Å². The molecule has 1 saturated heterocycles. The largest absolute Gasteiger partial charge is 0.355 e. The summed E-state index contributed by atoms with van der Waals surface area (Å²) in [5.41, 5.74) is 0.853. The zero-order chi connectivity index (χ0) is 17.6. The lowest BCUT2D eigenvalue weighted by molar-refractivity contribution is -0.120. The molecule has 7 heteroatoms. The lowest BCUT2D eigenvalue weighted by Gasteiger charge is -2.29. The number of halogens is 1. The molecule has 25 heavy (non-hydrogen) atoms. The molecular weight excluding hydrogens is 418 g/mol. The summed E-state index contributed by atoms with van der Waals surface area (Å²) in [6, 6.07) is 2.07. The van der Waals surface area contributed by atoms with E-state index in [0.29, 0.717) is 12.3 Å². The molecule has 3 heterocycles. The number of thiophene rings is 1. The van der Waals surface area contributed by atoms with Gasteiger partial charge in [0.05, 0.1) is 17.0 Å². The molecule has 1 aliphatic heterocycles. The highest BCUT2D eigenvalue weighted by atomic mass is 79.9. The second kappa shape index (κ2) is 9.26. The zero-order valence-electron chi connectivity index (χ0n) is 14.5. The number of rotatable bonds is 7. The molecule has 3 rings (SSSR count). The third-order valence-corrected chi connectivity index (χ3v) is 7.09. The first-order valence-electron chi connectivity index (χ1n) is 8.78. The van der Waals surface area contributed by atoms with Crippen LogP contribution in [-0.4, -0.2) is 42.0 Å². The van der Waals surface area contributed by atoms with E-state index in [1.54, 1.807) is 22.7 Å². The molecular formula is C18H24BrN3OS2. The van der Waals surface area contributed by atoms with Gasteiger partial charge in [0, 0.05) is 28.3 Å². The summed E-state index contributed by atoms with van der Waals surface area (Å²) in [7, 11) is 0. The van der Waals surface area contributed by atoms with Crippen molar-refractivity contribution >= 4 is 44.5 Å². The fraction of sp³-hybridized carbons (Fsp3) is 0.556. The van der Waals surface area contributed by atoms with E-state index in [1.807, 2.05) is 10.8 Å². The van der Waals surface area contributed by atoms with Crippen LogP contribution in [0, 0.1) is 5.92 Å². The lowest BCUT2D eigenvalue weighted by atomic mass is 10.1. The summed E-state index contributed by atoms with van der Waals surface area (Å²) >= 11 is 6.72. The minimum Gasteiger partial charge on any atom is -0.355 e. The standard InChI is InChI=1S/C18H24BrN3OS2/c1-13(10-22-5-3-2-4-6-22)9-20-17(23)8-15-12-25-18(21-15)16-7-14(19)11-24-16/h7,11-13H,2-6,8-10H2,1H3,(H,20,23). The van der Waals surface area contributed by atoms with E-state index in [0.717, 1.165) is 33.1 Å². The van der Waals surface area contributed by atoms with Gasteiger partial charge >= 0.3 is 0 Å². The number of nitrogens with zero attached hydrogens (tertiary/aromatic N) is 2. The number of aromatic nitrogens is 1. The van der Waals surface area contributed by atoms with Crippen LogP contribution in [0.3, 0.4) is 0 Å². The Hall–Kier alpha value is -0.760. The Morgan fingerprint density at radius 1 is 1.32 bits per heavy atom. The fourth-order valence-corrected chi connectivity index (χ4v) is 5.42. The Balaban J connectivity index is 1.42. The van der Waals surface area contributed by atoms with E-state index in [9.17, 15) is 4.79 Å². The van der Waals surface area contributed by atoms with Crippen molar-refractivity contribution in [1.29, 1.82) is 0 Å². The first-order valence-corrected chi connectivity index (χ1v) is 11.3. The first-order chi connectivity index (χ1) is 12.1. The maximum absolute atomic E-state index is 12.2.